The van der Waals surface area contributed by atoms with Gasteiger partial charge in [0, 0.05) is 31.1 Å². The van der Waals surface area contributed by atoms with Gasteiger partial charge in [-0.2, -0.15) is 5.10 Å². The van der Waals surface area contributed by atoms with Gasteiger partial charge in [-0.1, -0.05) is 0 Å². The maximum Gasteiger partial charge on any atom is 0.133 e. The van der Waals surface area contributed by atoms with Gasteiger partial charge in [0.1, 0.15) is 5.78 Å². The number of nitrogens with zero attached hydrogens (tertiary/aromatic N) is 2. The van der Waals surface area contributed by atoms with Gasteiger partial charge in [0.05, 0.1) is 11.8 Å². The van der Waals surface area contributed by atoms with Crippen LogP contribution in [0.5, 0.6) is 0 Å². The summed E-state index contributed by atoms with van der Waals surface area (Å²) in [5.41, 5.74) is 0.0123. The summed E-state index contributed by atoms with van der Waals surface area (Å²) in [6.07, 6.45) is 5.60. The molecule has 0 atom stereocenters. The molecule has 82 valence electrons. The van der Waals surface area contributed by atoms with Crippen molar-refractivity contribution in [1.29, 1.82) is 0 Å². The lowest BCUT2D eigenvalue weighted by atomic mass is 9.80. The molecule has 1 aromatic rings. The average molecular weight is 208 g/mol. The highest BCUT2D eigenvalue weighted by molar-refractivity contribution is 5.79. The molecule has 1 fully saturated rings. The van der Waals surface area contributed by atoms with E-state index in [2.05, 4.69) is 5.10 Å². The topological polar surface area (TPSA) is 55.1 Å². The second kappa shape index (κ2) is 3.77. The van der Waals surface area contributed by atoms with Gasteiger partial charge in [-0.3, -0.25) is 9.48 Å². The van der Waals surface area contributed by atoms with Gasteiger partial charge in [0.15, 0.2) is 0 Å². The van der Waals surface area contributed by atoms with Crippen LogP contribution in [-0.4, -0.2) is 20.7 Å². The summed E-state index contributed by atoms with van der Waals surface area (Å²) in [4.78, 5) is 11.1. The third-order valence-electron chi connectivity index (χ3n) is 3.13. The van der Waals surface area contributed by atoms with Crippen molar-refractivity contribution in [3.05, 3.63) is 18.0 Å². The van der Waals surface area contributed by atoms with Crippen molar-refractivity contribution in [2.75, 3.05) is 0 Å². The first-order valence-electron chi connectivity index (χ1n) is 5.41. The SMILES string of the molecule is CCn1cc(C2(O)CCC(=O)CC2)cn1. The zero-order valence-electron chi connectivity index (χ0n) is 8.94. The highest BCUT2D eigenvalue weighted by atomic mass is 16.3. The normalized spacial score (nSPS) is 20.5. The quantitative estimate of drug-likeness (QED) is 0.795. The molecule has 2 rings (SSSR count). The number of carbonyl (C=O) groups excluding carboxylic acids is 1. The van der Waals surface area contributed by atoms with Crippen LogP contribution in [0.15, 0.2) is 12.4 Å². The van der Waals surface area contributed by atoms with Crippen LogP contribution < -0.4 is 0 Å². The molecule has 1 heterocycles. The third-order valence-corrected chi connectivity index (χ3v) is 3.13. The van der Waals surface area contributed by atoms with E-state index < -0.39 is 5.60 Å². The number of aromatic nitrogens is 2. The second-order valence-corrected chi connectivity index (χ2v) is 4.15. The van der Waals surface area contributed by atoms with Crippen molar-refractivity contribution >= 4 is 5.78 Å². The van der Waals surface area contributed by atoms with Crippen molar-refractivity contribution < 1.29 is 9.90 Å². The van der Waals surface area contributed by atoms with Crippen LogP contribution in [0.25, 0.3) is 0 Å². The van der Waals surface area contributed by atoms with Crippen molar-refractivity contribution in [2.45, 2.75) is 44.8 Å². The minimum Gasteiger partial charge on any atom is -0.385 e. The van der Waals surface area contributed by atoms with Gasteiger partial charge in [0.2, 0.25) is 0 Å². The standard InChI is InChI=1S/C11H16N2O2/c1-2-13-8-9(7-12-13)11(15)5-3-10(14)4-6-11/h7-8,15H,2-6H2,1H3. The molecule has 0 aromatic carbocycles. The molecule has 0 radical (unpaired) electrons. The van der Waals surface area contributed by atoms with Gasteiger partial charge in [-0.15, -0.1) is 0 Å². The Balaban J connectivity index is 2.18. The number of rotatable bonds is 2. The van der Waals surface area contributed by atoms with Crippen molar-refractivity contribution in [2.24, 2.45) is 0 Å². The molecular formula is C11H16N2O2. The molecule has 0 spiro atoms. The predicted molar refractivity (Wildman–Crippen MR) is 55.3 cm³/mol. The number of Topliss-reactive ketones (excluding diaryl/α,β-unsaturated/α-hetero) is 1. The average Bonchev–Trinajstić information content (AvgIpc) is 2.72. The lowest BCUT2D eigenvalue weighted by molar-refractivity contribution is -0.125. The predicted octanol–water partition coefficient (Wildman–Crippen LogP) is 1.23. The maximum absolute atomic E-state index is 11.1. The number of hydrogen-bond donors (Lipinski definition) is 1. The first kappa shape index (κ1) is 10.4. The number of hydrogen-bond acceptors (Lipinski definition) is 3. The molecule has 0 amide bonds. The lowest BCUT2D eigenvalue weighted by Crippen LogP contribution is -2.31. The van der Waals surface area contributed by atoms with E-state index in [1.807, 2.05) is 13.1 Å². The molecule has 1 saturated carbocycles. The van der Waals surface area contributed by atoms with E-state index in [-0.39, 0.29) is 5.78 Å². The molecular weight excluding hydrogens is 192 g/mol. The third kappa shape index (κ3) is 1.95. The van der Waals surface area contributed by atoms with Crippen molar-refractivity contribution in [3.8, 4) is 0 Å². The summed E-state index contributed by atoms with van der Waals surface area (Å²) in [5, 5.41) is 14.5. The molecule has 1 aliphatic rings. The Kier molecular flexibility index (Phi) is 2.61. The molecule has 4 nitrogen and oxygen atoms in total. The summed E-state index contributed by atoms with van der Waals surface area (Å²) in [5.74, 6) is 0.252. The first-order valence-corrected chi connectivity index (χ1v) is 5.41. The van der Waals surface area contributed by atoms with Crippen LogP contribution in [0.2, 0.25) is 0 Å². The molecule has 1 aromatic heterocycles. The molecule has 1 aliphatic carbocycles. The molecule has 0 unspecified atom stereocenters. The summed E-state index contributed by atoms with van der Waals surface area (Å²) in [6.45, 7) is 2.81. The highest BCUT2D eigenvalue weighted by Gasteiger charge is 2.34. The fourth-order valence-electron chi connectivity index (χ4n) is 2.01. The summed E-state index contributed by atoms with van der Waals surface area (Å²) < 4.78 is 1.80. The fraction of sp³-hybridized carbons (Fsp3) is 0.636. The molecule has 0 bridgehead atoms. The van der Waals surface area contributed by atoms with E-state index in [0.717, 1.165) is 12.1 Å². The molecule has 4 heteroatoms. The highest BCUT2D eigenvalue weighted by Crippen LogP contribution is 2.35. The Morgan fingerprint density at radius 2 is 2.20 bits per heavy atom. The van der Waals surface area contributed by atoms with Gasteiger partial charge in [-0.05, 0) is 19.8 Å². The number of carbonyl (C=O) groups is 1. The molecule has 0 aliphatic heterocycles. The minimum absolute atomic E-state index is 0.252. The zero-order valence-corrected chi connectivity index (χ0v) is 8.94. The van der Waals surface area contributed by atoms with E-state index in [1.54, 1.807) is 10.9 Å². The van der Waals surface area contributed by atoms with Crippen LogP contribution in [0.1, 0.15) is 38.2 Å². The van der Waals surface area contributed by atoms with Crippen LogP contribution in [0.3, 0.4) is 0 Å². The smallest absolute Gasteiger partial charge is 0.133 e. The monoisotopic (exact) mass is 208 g/mol. The maximum atomic E-state index is 11.1. The van der Waals surface area contributed by atoms with E-state index in [0.29, 0.717) is 25.7 Å². The Hall–Kier alpha value is -1.16. The van der Waals surface area contributed by atoms with Gasteiger partial charge in [0.25, 0.3) is 0 Å². The Labute approximate surface area is 88.9 Å². The van der Waals surface area contributed by atoms with Crippen LogP contribution in [0.4, 0.5) is 0 Å². The van der Waals surface area contributed by atoms with E-state index in [9.17, 15) is 9.90 Å². The Bertz CT molecular complexity index is 360. The van der Waals surface area contributed by atoms with Gasteiger partial charge in [-0.25, -0.2) is 0 Å². The summed E-state index contributed by atoms with van der Waals surface area (Å²) >= 11 is 0. The summed E-state index contributed by atoms with van der Waals surface area (Å²) in [7, 11) is 0. The van der Waals surface area contributed by atoms with Gasteiger partial charge < -0.3 is 5.11 Å². The molecule has 0 saturated heterocycles. The fourth-order valence-corrected chi connectivity index (χ4v) is 2.01. The van der Waals surface area contributed by atoms with E-state index in [4.69, 9.17) is 0 Å². The number of aliphatic hydroxyl groups is 1. The second-order valence-electron chi connectivity index (χ2n) is 4.15. The first-order chi connectivity index (χ1) is 7.14. The largest absolute Gasteiger partial charge is 0.385 e. The Morgan fingerprint density at radius 3 is 2.73 bits per heavy atom. The minimum atomic E-state index is -0.832. The number of ketones is 1. The zero-order chi connectivity index (χ0) is 10.9. The number of aryl methyl sites for hydroxylation is 1. The Morgan fingerprint density at radius 1 is 1.53 bits per heavy atom. The van der Waals surface area contributed by atoms with Crippen LogP contribution in [0, 0.1) is 0 Å². The van der Waals surface area contributed by atoms with E-state index in [1.165, 1.54) is 0 Å². The van der Waals surface area contributed by atoms with Crippen molar-refractivity contribution in [3.63, 3.8) is 0 Å². The van der Waals surface area contributed by atoms with E-state index >= 15 is 0 Å². The van der Waals surface area contributed by atoms with Crippen LogP contribution >= 0.6 is 0 Å². The van der Waals surface area contributed by atoms with Crippen LogP contribution in [-0.2, 0) is 16.9 Å². The lowest BCUT2D eigenvalue weighted by Gasteiger charge is -2.30. The molecule has 15 heavy (non-hydrogen) atoms. The summed E-state index contributed by atoms with van der Waals surface area (Å²) in [6, 6.07) is 0. The van der Waals surface area contributed by atoms with Gasteiger partial charge >= 0.3 is 0 Å². The molecule has 1 N–H and O–H groups in total. The van der Waals surface area contributed by atoms with Crippen molar-refractivity contribution in [1.82, 2.24) is 9.78 Å².